The number of nitro groups is 1. The van der Waals surface area contributed by atoms with Crippen LogP contribution < -0.4 is 5.32 Å². The molecular weight excluding hydrogens is 244 g/mol. The molecule has 1 aromatic rings. The van der Waals surface area contributed by atoms with Crippen LogP contribution >= 0.6 is 0 Å². The van der Waals surface area contributed by atoms with Gasteiger partial charge in [0.1, 0.15) is 5.75 Å². The van der Waals surface area contributed by atoms with Crippen molar-refractivity contribution in [1.29, 1.82) is 0 Å². The molecular formula is C14H22N2O3. The van der Waals surface area contributed by atoms with Gasteiger partial charge in [-0.1, -0.05) is 27.7 Å². The molecule has 0 saturated carbocycles. The van der Waals surface area contributed by atoms with Crippen LogP contribution in [0.1, 0.15) is 39.7 Å². The van der Waals surface area contributed by atoms with Crippen molar-refractivity contribution < 1.29 is 10.0 Å². The molecule has 0 amide bonds. The van der Waals surface area contributed by atoms with Crippen LogP contribution in [0.4, 0.5) is 5.69 Å². The van der Waals surface area contributed by atoms with E-state index in [2.05, 4.69) is 33.0 Å². The van der Waals surface area contributed by atoms with Gasteiger partial charge in [0.2, 0.25) is 0 Å². The lowest BCUT2D eigenvalue weighted by atomic mass is 9.85. The molecule has 0 saturated heterocycles. The summed E-state index contributed by atoms with van der Waals surface area (Å²) >= 11 is 0. The fourth-order valence-electron chi connectivity index (χ4n) is 2.12. The molecule has 0 fully saturated rings. The van der Waals surface area contributed by atoms with E-state index in [1.54, 1.807) is 0 Å². The summed E-state index contributed by atoms with van der Waals surface area (Å²) in [5.74, 6) is 0.0851. The standard InChI is InChI=1S/C14H22N2O3/c1-5-13(14(2,3)4)15-9-10-8-11(16(18)19)6-7-12(10)17/h6-8,13,15,17H,5,9H2,1-4H3/t13-/m1/s1. The highest BCUT2D eigenvalue weighted by molar-refractivity contribution is 5.42. The molecule has 1 rings (SSSR count). The van der Waals surface area contributed by atoms with E-state index >= 15 is 0 Å². The lowest BCUT2D eigenvalue weighted by Gasteiger charge is -2.31. The van der Waals surface area contributed by atoms with Crippen molar-refractivity contribution in [2.24, 2.45) is 5.41 Å². The number of non-ortho nitro benzene ring substituents is 1. The smallest absolute Gasteiger partial charge is 0.270 e. The van der Waals surface area contributed by atoms with Crippen LogP contribution in [-0.4, -0.2) is 16.1 Å². The summed E-state index contributed by atoms with van der Waals surface area (Å²) in [6.45, 7) is 8.93. The Hall–Kier alpha value is -1.62. The molecule has 0 aliphatic rings. The summed E-state index contributed by atoms with van der Waals surface area (Å²) in [6.07, 6.45) is 0.958. The topological polar surface area (TPSA) is 75.4 Å². The summed E-state index contributed by atoms with van der Waals surface area (Å²) in [7, 11) is 0. The molecule has 0 unspecified atom stereocenters. The van der Waals surface area contributed by atoms with E-state index in [9.17, 15) is 15.2 Å². The van der Waals surface area contributed by atoms with Gasteiger partial charge in [-0.15, -0.1) is 0 Å². The molecule has 0 aliphatic carbocycles. The van der Waals surface area contributed by atoms with Crippen molar-refractivity contribution in [3.63, 3.8) is 0 Å². The third kappa shape index (κ3) is 4.21. The van der Waals surface area contributed by atoms with Crippen LogP contribution in [0, 0.1) is 15.5 Å². The van der Waals surface area contributed by atoms with Crippen molar-refractivity contribution in [2.45, 2.75) is 46.7 Å². The van der Waals surface area contributed by atoms with Crippen molar-refractivity contribution in [3.8, 4) is 5.75 Å². The molecule has 0 radical (unpaired) electrons. The Morgan fingerprint density at radius 1 is 1.42 bits per heavy atom. The predicted molar refractivity (Wildman–Crippen MR) is 75.1 cm³/mol. The van der Waals surface area contributed by atoms with Crippen LogP contribution in [0.3, 0.4) is 0 Å². The molecule has 2 N–H and O–H groups in total. The molecule has 5 heteroatoms. The number of hydrogen-bond donors (Lipinski definition) is 2. The van der Waals surface area contributed by atoms with E-state index < -0.39 is 4.92 Å². The Balaban J connectivity index is 2.82. The van der Waals surface area contributed by atoms with E-state index in [0.717, 1.165) is 6.42 Å². The molecule has 0 aromatic heterocycles. The lowest BCUT2D eigenvalue weighted by Crippen LogP contribution is -2.39. The number of nitrogens with zero attached hydrogens (tertiary/aromatic N) is 1. The molecule has 5 nitrogen and oxygen atoms in total. The quantitative estimate of drug-likeness (QED) is 0.634. The second kappa shape index (κ2) is 6.02. The maximum Gasteiger partial charge on any atom is 0.270 e. The van der Waals surface area contributed by atoms with Crippen molar-refractivity contribution in [3.05, 3.63) is 33.9 Å². The van der Waals surface area contributed by atoms with Crippen LogP contribution in [0.15, 0.2) is 18.2 Å². The minimum Gasteiger partial charge on any atom is -0.508 e. The summed E-state index contributed by atoms with van der Waals surface area (Å²) < 4.78 is 0. The minimum atomic E-state index is -0.454. The third-order valence-electron chi connectivity index (χ3n) is 3.27. The Morgan fingerprint density at radius 2 is 2.05 bits per heavy atom. The third-order valence-corrected chi connectivity index (χ3v) is 3.27. The SMILES string of the molecule is CC[C@@H](NCc1cc([N+](=O)[O-])ccc1O)C(C)(C)C. The first kappa shape index (κ1) is 15.4. The second-order valence-corrected chi connectivity index (χ2v) is 5.78. The average molecular weight is 266 g/mol. The highest BCUT2D eigenvalue weighted by atomic mass is 16.6. The largest absolute Gasteiger partial charge is 0.508 e. The van der Waals surface area contributed by atoms with Crippen LogP contribution in [-0.2, 0) is 6.54 Å². The van der Waals surface area contributed by atoms with Gasteiger partial charge in [-0.05, 0) is 17.9 Å². The number of phenols is 1. The fraction of sp³-hybridized carbons (Fsp3) is 0.571. The van der Waals surface area contributed by atoms with Crippen LogP contribution in [0.25, 0.3) is 0 Å². The Kier molecular flexibility index (Phi) is 4.89. The minimum absolute atomic E-state index is 0.00147. The predicted octanol–water partition coefficient (Wildman–Crippen LogP) is 3.21. The molecule has 106 valence electrons. The van der Waals surface area contributed by atoms with E-state index in [1.165, 1.54) is 18.2 Å². The number of rotatable bonds is 5. The molecule has 0 heterocycles. The van der Waals surface area contributed by atoms with Gasteiger partial charge in [-0.25, -0.2) is 0 Å². The number of hydrogen-bond acceptors (Lipinski definition) is 4. The van der Waals surface area contributed by atoms with Gasteiger partial charge in [0.25, 0.3) is 5.69 Å². The van der Waals surface area contributed by atoms with Crippen LogP contribution in [0.2, 0.25) is 0 Å². The zero-order chi connectivity index (χ0) is 14.6. The van der Waals surface area contributed by atoms with Crippen molar-refractivity contribution >= 4 is 5.69 Å². The van der Waals surface area contributed by atoms with E-state index in [4.69, 9.17) is 0 Å². The number of nitrogens with one attached hydrogen (secondary N) is 1. The molecule has 0 bridgehead atoms. The van der Waals surface area contributed by atoms with Crippen molar-refractivity contribution in [2.75, 3.05) is 0 Å². The van der Waals surface area contributed by atoms with Gasteiger partial charge in [-0.2, -0.15) is 0 Å². The molecule has 0 aliphatic heterocycles. The van der Waals surface area contributed by atoms with Gasteiger partial charge in [0, 0.05) is 30.3 Å². The normalized spacial score (nSPS) is 13.3. The monoisotopic (exact) mass is 266 g/mol. The maximum atomic E-state index is 10.7. The summed E-state index contributed by atoms with van der Waals surface area (Å²) in [6, 6.07) is 4.37. The average Bonchev–Trinajstić information content (AvgIpc) is 2.30. The van der Waals surface area contributed by atoms with Crippen molar-refractivity contribution in [1.82, 2.24) is 5.32 Å². The van der Waals surface area contributed by atoms with Gasteiger partial charge >= 0.3 is 0 Å². The second-order valence-electron chi connectivity index (χ2n) is 5.78. The van der Waals surface area contributed by atoms with Gasteiger partial charge in [0.15, 0.2) is 0 Å². The van der Waals surface area contributed by atoms with E-state index in [0.29, 0.717) is 12.1 Å². The first-order valence-corrected chi connectivity index (χ1v) is 6.45. The molecule has 0 spiro atoms. The van der Waals surface area contributed by atoms with Gasteiger partial charge < -0.3 is 10.4 Å². The first-order valence-electron chi connectivity index (χ1n) is 6.45. The molecule has 1 aromatic carbocycles. The Morgan fingerprint density at radius 3 is 2.53 bits per heavy atom. The summed E-state index contributed by atoms with van der Waals surface area (Å²) in [5, 5.41) is 23.8. The Bertz CT molecular complexity index is 452. The maximum absolute atomic E-state index is 10.7. The zero-order valence-electron chi connectivity index (χ0n) is 11.9. The fourth-order valence-corrected chi connectivity index (χ4v) is 2.12. The lowest BCUT2D eigenvalue weighted by molar-refractivity contribution is -0.384. The summed E-state index contributed by atoms with van der Waals surface area (Å²) in [4.78, 5) is 10.3. The summed E-state index contributed by atoms with van der Waals surface area (Å²) in [5.41, 5.74) is 0.653. The highest BCUT2D eigenvalue weighted by Gasteiger charge is 2.22. The number of aromatic hydroxyl groups is 1. The van der Waals surface area contributed by atoms with E-state index in [1.807, 2.05) is 0 Å². The molecule has 1 atom stereocenters. The first-order chi connectivity index (χ1) is 8.75. The van der Waals surface area contributed by atoms with Gasteiger partial charge in [-0.3, -0.25) is 10.1 Å². The van der Waals surface area contributed by atoms with Crippen LogP contribution in [0.5, 0.6) is 5.75 Å². The number of benzene rings is 1. The zero-order valence-corrected chi connectivity index (χ0v) is 11.9. The molecule has 19 heavy (non-hydrogen) atoms. The number of nitro benzene ring substituents is 1. The Labute approximate surface area is 113 Å². The highest BCUT2D eigenvalue weighted by Crippen LogP contribution is 2.25. The number of phenolic OH excluding ortho intramolecular Hbond substituents is 1. The van der Waals surface area contributed by atoms with Gasteiger partial charge in [0.05, 0.1) is 4.92 Å². The van der Waals surface area contributed by atoms with E-state index in [-0.39, 0.29) is 22.9 Å².